The number of methoxy groups -OCH3 is 1. The number of carbonyl (C=O) groups is 3. The number of hydrogen-bond acceptors (Lipinski definition) is 6. The van der Waals surface area contributed by atoms with E-state index in [1.807, 2.05) is 18.2 Å². The number of ether oxygens (including phenoxy) is 2. The second kappa shape index (κ2) is 10.2. The Labute approximate surface area is 207 Å². The molecule has 0 saturated carbocycles. The van der Waals surface area contributed by atoms with Gasteiger partial charge in [0.2, 0.25) is 5.91 Å². The fourth-order valence-corrected chi connectivity index (χ4v) is 4.17. The summed E-state index contributed by atoms with van der Waals surface area (Å²) >= 11 is 0. The van der Waals surface area contributed by atoms with Gasteiger partial charge in [-0.05, 0) is 37.6 Å². The lowest BCUT2D eigenvalue weighted by molar-refractivity contribution is -0.133. The molecule has 0 unspecified atom stereocenters. The van der Waals surface area contributed by atoms with Gasteiger partial charge in [0.15, 0.2) is 5.69 Å². The van der Waals surface area contributed by atoms with E-state index in [9.17, 15) is 18.8 Å². The van der Waals surface area contributed by atoms with Gasteiger partial charge in [-0.3, -0.25) is 14.3 Å². The van der Waals surface area contributed by atoms with Crippen molar-refractivity contribution in [3.05, 3.63) is 82.9 Å². The van der Waals surface area contributed by atoms with Gasteiger partial charge in [-0.2, -0.15) is 5.10 Å². The van der Waals surface area contributed by atoms with Crippen LogP contribution in [0.25, 0.3) is 0 Å². The molecule has 0 aliphatic carbocycles. The highest BCUT2D eigenvalue weighted by Crippen LogP contribution is 2.31. The molecule has 36 heavy (non-hydrogen) atoms. The van der Waals surface area contributed by atoms with Crippen molar-refractivity contribution >= 4 is 17.8 Å². The van der Waals surface area contributed by atoms with Crippen LogP contribution in [0.1, 0.15) is 46.0 Å². The first kappa shape index (κ1) is 24.9. The molecule has 3 aromatic rings. The normalized spacial score (nSPS) is 16.9. The van der Waals surface area contributed by atoms with Crippen molar-refractivity contribution in [2.24, 2.45) is 0 Å². The van der Waals surface area contributed by atoms with Gasteiger partial charge in [-0.1, -0.05) is 30.3 Å². The highest BCUT2D eigenvalue weighted by Gasteiger charge is 2.48. The number of benzene rings is 2. The molecule has 188 valence electrons. The SMILES string of the molecule is CCOC(=O)c1cc2n(n1)C[C@@](C)(C(=O)NCc1ccc(F)cc1)N(Cc1ccccc1OC)C2=O. The Hall–Kier alpha value is -4.21. The Balaban J connectivity index is 1.69. The van der Waals surface area contributed by atoms with Crippen LogP contribution in [0.15, 0.2) is 54.6 Å². The fourth-order valence-electron chi connectivity index (χ4n) is 4.17. The van der Waals surface area contributed by atoms with E-state index in [1.165, 1.54) is 34.9 Å². The summed E-state index contributed by atoms with van der Waals surface area (Å²) in [6.07, 6.45) is 0. The number of aromatic nitrogens is 2. The summed E-state index contributed by atoms with van der Waals surface area (Å²) in [6.45, 7) is 3.73. The number of fused-ring (bicyclic) bond motifs is 1. The molecule has 2 heterocycles. The summed E-state index contributed by atoms with van der Waals surface area (Å²) in [5.74, 6) is -1.33. The molecule has 1 atom stereocenters. The molecule has 0 saturated heterocycles. The van der Waals surface area contributed by atoms with Gasteiger partial charge in [0.05, 0.1) is 26.8 Å². The van der Waals surface area contributed by atoms with E-state index in [4.69, 9.17) is 9.47 Å². The number of carbonyl (C=O) groups excluding carboxylic acids is 3. The lowest BCUT2D eigenvalue weighted by Gasteiger charge is -2.43. The molecule has 1 aliphatic rings. The average molecular weight is 495 g/mol. The van der Waals surface area contributed by atoms with Crippen LogP contribution >= 0.6 is 0 Å². The van der Waals surface area contributed by atoms with Crippen LogP contribution in [0.3, 0.4) is 0 Å². The van der Waals surface area contributed by atoms with Gasteiger partial charge >= 0.3 is 5.97 Å². The standard InChI is InChI=1S/C26H27FN4O5/c1-4-36-24(33)20-13-21-23(32)30(15-18-7-5-6-8-22(18)35-3)26(2,16-31(21)29-20)25(34)28-14-17-9-11-19(27)12-10-17/h5-13H,4,14-16H2,1-3H3,(H,28,34)/t26-/m0/s1. The van der Waals surface area contributed by atoms with E-state index in [0.29, 0.717) is 16.9 Å². The molecule has 1 N–H and O–H groups in total. The number of esters is 1. The minimum atomic E-state index is -1.36. The van der Waals surface area contributed by atoms with Crippen molar-refractivity contribution in [3.8, 4) is 5.75 Å². The second-order valence-electron chi connectivity index (χ2n) is 8.58. The lowest BCUT2D eigenvalue weighted by Crippen LogP contribution is -2.63. The molecule has 1 aromatic heterocycles. The first-order chi connectivity index (χ1) is 17.3. The van der Waals surface area contributed by atoms with Gasteiger partial charge in [0, 0.05) is 18.2 Å². The Morgan fingerprint density at radius 2 is 1.89 bits per heavy atom. The Kier molecular flexibility index (Phi) is 7.05. The van der Waals surface area contributed by atoms with Crippen molar-refractivity contribution in [3.63, 3.8) is 0 Å². The number of para-hydroxylation sites is 1. The molecular weight excluding hydrogens is 467 g/mol. The topological polar surface area (TPSA) is 103 Å². The Bertz CT molecular complexity index is 1290. The van der Waals surface area contributed by atoms with Crippen LogP contribution in [-0.4, -0.2) is 51.7 Å². The highest BCUT2D eigenvalue weighted by atomic mass is 19.1. The molecule has 0 spiro atoms. The summed E-state index contributed by atoms with van der Waals surface area (Å²) in [4.78, 5) is 41.0. The quantitative estimate of drug-likeness (QED) is 0.483. The predicted octanol–water partition coefficient (Wildman–Crippen LogP) is 2.94. The zero-order valence-electron chi connectivity index (χ0n) is 20.3. The van der Waals surface area contributed by atoms with Gasteiger partial charge in [-0.15, -0.1) is 0 Å². The van der Waals surface area contributed by atoms with Crippen LogP contribution in [0.4, 0.5) is 4.39 Å². The van der Waals surface area contributed by atoms with Crippen molar-refractivity contribution < 1.29 is 28.2 Å². The molecule has 2 aromatic carbocycles. The Morgan fingerprint density at radius 3 is 2.58 bits per heavy atom. The number of amides is 2. The monoisotopic (exact) mass is 494 g/mol. The maximum Gasteiger partial charge on any atom is 0.358 e. The number of hydrogen-bond donors (Lipinski definition) is 1. The van der Waals surface area contributed by atoms with E-state index in [0.717, 1.165) is 0 Å². The maximum atomic E-state index is 13.7. The third-order valence-corrected chi connectivity index (χ3v) is 6.16. The van der Waals surface area contributed by atoms with E-state index in [1.54, 1.807) is 32.0 Å². The van der Waals surface area contributed by atoms with Crippen LogP contribution in [0.5, 0.6) is 5.75 Å². The summed E-state index contributed by atoms with van der Waals surface area (Å²) in [7, 11) is 1.53. The number of nitrogens with one attached hydrogen (secondary N) is 1. The number of halogens is 1. The summed E-state index contributed by atoms with van der Waals surface area (Å²) in [5.41, 5.74) is 0.230. The summed E-state index contributed by atoms with van der Waals surface area (Å²) in [5, 5.41) is 7.10. The predicted molar refractivity (Wildman–Crippen MR) is 128 cm³/mol. The van der Waals surface area contributed by atoms with Crippen molar-refractivity contribution in [1.82, 2.24) is 20.0 Å². The molecule has 0 bridgehead atoms. The molecule has 1 aliphatic heterocycles. The molecule has 10 heteroatoms. The molecule has 0 fully saturated rings. The summed E-state index contributed by atoms with van der Waals surface area (Å²) < 4.78 is 25.1. The van der Waals surface area contributed by atoms with Crippen molar-refractivity contribution in [1.29, 1.82) is 0 Å². The minimum Gasteiger partial charge on any atom is -0.496 e. The molecular formula is C26H27FN4O5. The van der Waals surface area contributed by atoms with Gasteiger partial charge in [0.1, 0.15) is 22.8 Å². The number of rotatable bonds is 8. The maximum absolute atomic E-state index is 13.7. The van der Waals surface area contributed by atoms with Gasteiger partial charge in [0.25, 0.3) is 5.91 Å². The lowest BCUT2D eigenvalue weighted by atomic mass is 9.93. The molecule has 0 radical (unpaired) electrons. The second-order valence-corrected chi connectivity index (χ2v) is 8.58. The van der Waals surface area contributed by atoms with Crippen LogP contribution < -0.4 is 10.1 Å². The average Bonchev–Trinajstić information content (AvgIpc) is 3.30. The van der Waals surface area contributed by atoms with Crippen LogP contribution in [-0.2, 0) is 29.2 Å². The van der Waals surface area contributed by atoms with E-state index < -0.39 is 23.3 Å². The highest BCUT2D eigenvalue weighted by molar-refractivity contribution is 6.01. The fraction of sp³-hybridized carbons (Fsp3) is 0.308. The van der Waals surface area contributed by atoms with Crippen molar-refractivity contribution in [2.45, 2.75) is 39.0 Å². The van der Waals surface area contributed by atoms with E-state index in [2.05, 4.69) is 10.4 Å². The third-order valence-electron chi connectivity index (χ3n) is 6.16. The van der Waals surface area contributed by atoms with Crippen LogP contribution in [0.2, 0.25) is 0 Å². The zero-order valence-corrected chi connectivity index (χ0v) is 20.3. The minimum absolute atomic E-state index is 0.00610. The Morgan fingerprint density at radius 1 is 1.17 bits per heavy atom. The third kappa shape index (κ3) is 4.79. The first-order valence-corrected chi connectivity index (χ1v) is 11.5. The van der Waals surface area contributed by atoms with Crippen LogP contribution in [0, 0.1) is 5.82 Å². The van der Waals surface area contributed by atoms with E-state index in [-0.39, 0.29) is 43.4 Å². The largest absolute Gasteiger partial charge is 0.496 e. The number of nitrogens with zero attached hydrogens (tertiary/aromatic N) is 3. The van der Waals surface area contributed by atoms with E-state index >= 15 is 0 Å². The summed E-state index contributed by atoms with van der Waals surface area (Å²) in [6, 6.07) is 14.4. The molecule has 2 amide bonds. The molecule has 9 nitrogen and oxygen atoms in total. The van der Waals surface area contributed by atoms with Gasteiger partial charge < -0.3 is 19.7 Å². The molecule has 4 rings (SSSR count). The van der Waals surface area contributed by atoms with Gasteiger partial charge in [-0.25, -0.2) is 9.18 Å². The zero-order chi connectivity index (χ0) is 25.9. The first-order valence-electron chi connectivity index (χ1n) is 11.5. The smallest absolute Gasteiger partial charge is 0.358 e. The van der Waals surface area contributed by atoms with Crippen molar-refractivity contribution in [2.75, 3.05) is 13.7 Å².